The Morgan fingerprint density at radius 3 is 1.81 bits per heavy atom. The summed E-state index contributed by atoms with van der Waals surface area (Å²) in [5, 5.41) is 210. The van der Waals surface area contributed by atoms with Crippen molar-refractivity contribution < 1.29 is 159 Å². The minimum Gasteiger partial charge on any atom is -0.432 e. The molecule has 4 saturated carbocycles. The number of hydrogen-bond acceptors (Lipinski definition) is 32. The second-order valence-corrected chi connectivity index (χ2v) is 30.9. The van der Waals surface area contributed by atoms with Gasteiger partial charge in [0.25, 0.3) is 0 Å². The first-order valence-corrected chi connectivity index (χ1v) is 33.2. The molecule has 6 heterocycles. The van der Waals surface area contributed by atoms with Crippen molar-refractivity contribution in [1.82, 2.24) is 0 Å². The molecule has 0 amide bonds. The third-order valence-electron chi connectivity index (χ3n) is 24.5. The summed E-state index contributed by atoms with van der Waals surface area (Å²) >= 11 is 0. The number of ether oxygens (including phenoxy) is 12. The van der Waals surface area contributed by atoms with Gasteiger partial charge in [0.05, 0.1) is 76.1 Å². The first kappa shape index (κ1) is 74.2. The van der Waals surface area contributed by atoms with Crippen LogP contribution in [0.15, 0.2) is 11.6 Å². The Morgan fingerprint density at radius 2 is 1.15 bits per heavy atom. The zero-order chi connectivity index (χ0) is 69.4. The highest BCUT2D eigenvalue weighted by Crippen LogP contribution is 2.76. The van der Waals surface area contributed by atoms with E-state index in [0.717, 1.165) is 5.57 Å². The Labute approximate surface area is 548 Å². The van der Waals surface area contributed by atoms with E-state index in [1.165, 1.54) is 6.92 Å². The normalized spacial score (nSPS) is 55.5. The zero-order valence-electron chi connectivity index (χ0n) is 54.4. The lowest BCUT2D eigenvalue weighted by Gasteiger charge is -2.72. The van der Waals surface area contributed by atoms with Crippen molar-refractivity contribution in [3.63, 3.8) is 0 Å². The topological polar surface area (TPSA) is 512 Å². The molecular weight excluding hydrogens is 1270 g/mol. The SMILES string of the molecule is C[C@@H]1O[C@@H](O[C@@H]2[C@@H](OC(=O)[C@]34CCC(C)(C)C[C@H]3C3=CC[C@@H]5[C@@]6(C)C[C@H](O)[C@H](O[C@@H]7O[C@H](CO[C@@H]8O[C@H](CO)[C@@H](O)[C@H](O)[C@H]8O)[C@@H](O)[C@H](O)[C@H]7O)[C@@](C)(CO)[C@@H]6[C@H](O)C[C@@]5(C)[C@]3(C)CC4)OC[C@@H](O)[C@H]2O)[C@H](O)[C@H](O)[C@H]1O[C@@H]1OC[C@@H](O)[C@H](O[C@@H]2OC[C@](O)(CO)[C@H]2O)[C@H]1O. The molecule has 0 bridgehead atoms. The van der Waals surface area contributed by atoms with Gasteiger partial charge >= 0.3 is 5.97 Å². The highest BCUT2D eigenvalue weighted by Gasteiger charge is 2.74. The van der Waals surface area contributed by atoms with Crippen molar-refractivity contribution in [2.45, 2.75) is 277 Å². The molecule has 32 heteroatoms. The van der Waals surface area contributed by atoms with Crippen molar-refractivity contribution in [3.05, 3.63) is 11.6 Å². The van der Waals surface area contributed by atoms with E-state index in [1.807, 2.05) is 6.92 Å². The van der Waals surface area contributed by atoms with E-state index >= 15 is 4.79 Å². The first-order valence-electron chi connectivity index (χ1n) is 33.2. The van der Waals surface area contributed by atoms with Crippen LogP contribution < -0.4 is 0 Å². The van der Waals surface area contributed by atoms with Gasteiger partial charge in [0, 0.05) is 11.3 Å². The number of allylic oxidation sites excluding steroid dienone is 2. The molecule has 0 aromatic rings. The summed E-state index contributed by atoms with van der Waals surface area (Å²) < 4.78 is 70.3. The lowest BCUT2D eigenvalue weighted by Crippen LogP contribution is -2.72. The lowest BCUT2D eigenvalue weighted by molar-refractivity contribution is -0.372. The highest BCUT2D eigenvalue weighted by atomic mass is 16.8. The number of hydrogen-bond donors (Lipinski definition) is 19. The average molecular weight is 1370 g/mol. The maximum absolute atomic E-state index is 15.5. The number of carbonyl (C=O) groups is 1. The molecule has 0 aromatic heterocycles. The van der Waals surface area contributed by atoms with Crippen molar-refractivity contribution in [1.29, 1.82) is 0 Å². The Morgan fingerprint density at radius 1 is 0.547 bits per heavy atom. The van der Waals surface area contributed by atoms with Gasteiger partial charge in [-0.05, 0) is 91.8 Å². The van der Waals surface area contributed by atoms with Crippen LogP contribution >= 0.6 is 0 Å². The number of aliphatic hydroxyl groups excluding tert-OH is 18. The fraction of sp³-hybridized carbons (Fsp3) is 0.952. The van der Waals surface area contributed by atoms with E-state index in [0.29, 0.717) is 32.1 Å². The van der Waals surface area contributed by atoms with Crippen LogP contribution in [0.4, 0.5) is 0 Å². The van der Waals surface area contributed by atoms with Crippen molar-refractivity contribution in [2.24, 2.45) is 50.2 Å². The van der Waals surface area contributed by atoms with Crippen LogP contribution in [0, 0.1) is 50.2 Å². The maximum atomic E-state index is 15.5. The fourth-order valence-corrected chi connectivity index (χ4v) is 18.8. The predicted octanol–water partition coefficient (Wildman–Crippen LogP) is -6.53. The van der Waals surface area contributed by atoms with Crippen molar-refractivity contribution in [2.75, 3.05) is 46.2 Å². The van der Waals surface area contributed by atoms with Gasteiger partial charge in [-0.1, -0.05) is 53.2 Å². The van der Waals surface area contributed by atoms with Crippen LogP contribution in [-0.4, -0.2) is 327 Å². The van der Waals surface area contributed by atoms with Gasteiger partial charge in [-0.2, -0.15) is 0 Å². The standard InChI is InChI=1S/C63H102O32/c1-24-44(91-51-43(80)45(30(70)19-84-51)92-55-48(81)63(83,22-66)23-87-55)39(76)42(79)52(88-24)93-46-34(71)29(69)18-85-54(46)95-56(82)62-12-10-57(2,3)14-26(62)25-8-9-33-58(4)15-28(68)49(59(5,21-65)47(58)27(67)16-61(33,7)60(25,6)11-13-62)94-53-41(78)38(75)36(73)32(90-53)20-86-50-40(77)37(74)35(72)31(17-64)89-50/h8,24,26-55,64-81,83H,9-23H2,1-7H3/t24-,26-,27+,28-,29+,30+,31+,32+,33+,34+,35+,36+,37-,38-,39-,40+,41+,42+,43+,44-,45-,46-,47+,48-,49-,50+,51-,52-,53-,54+,55-,58+,59-,60+,61+,62-,63+/m0/s1. The molecule has 0 aromatic carbocycles. The van der Waals surface area contributed by atoms with E-state index in [4.69, 9.17) is 56.8 Å². The van der Waals surface area contributed by atoms with Crippen LogP contribution in [0.3, 0.4) is 0 Å². The van der Waals surface area contributed by atoms with Crippen LogP contribution in [-0.2, 0) is 61.6 Å². The van der Waals surface area contributed by atoms with Gasteiger partial charge < -0.3 is 154 Å². The molecule has 19 N–H and O–H groups in total. The second-order valence-electron chi connectivity index (χ2n) is 30.9. The molecule has 546 valence electrons. The van der Waals surface area contributed by atoms with E-state index in [9.17, 15) is 97.0 Å². The summed E-state index contributed by atoms with van der Waals surface area (Å²) in [7, 11) is 0. The van der Waals surface area contributed by atoms with E-state index < -0.39 is 269 Å². The molecule has 0 radical (unpaired) electrons. The minimum absolute atomic E-state index is 0.0199. The van der Waals surface area contributed by atoms with E-state index in [2.05, 4.69) is 33.8 Å². The summed E-state index contributed by atoms with van der Waals surface area (Å²) in [6, 6.07) is 0. The van der Waals surface area contributed by atoms with Gasteiger partial charge in [0.15, 0.2) is 37.6 Å². The molecule has 11 aliphatic rings. The quantitative estimate of drug-likeness (QED) is 0.0388. The van der Waals surface area contributed by atoms with E-state index in [-0.39, 0.29) is 30.6 Å². The zero-order valence-corrected chi connectivity index (χ0v) is 54.4. The summed E-state index contributed by atoms with van der Waals surface area (Å²) in [5.74, 6) is -2.16. The Hall–Kier alpha value is -1.99. The van der Waals surface area contributed by atoms with Crippen molar-refractivity contribution in [3.8, 4) is 0 Å². The molecule has 6 aliphatic heterocycles. The summed E-state index contributed by atoms with van der Waals surface area (Å²) in [4.78, 5) is 15.5. The molecule has 32 nitrogen and oxygen atoms in total. The largest absolute Gasteiger partial charge is 0.432 e. The number of fused-ring (bicyclic) bond motifs is 7. The van der Waals surface area contributed by atoms with Crippen LogP contribution in [0.1, 0.15) is 99.8 Å². The van der Waals surface area contributed by atoms with Gasteiger partial charge in [-0.25, -0.2) is 0 Å². The molecular formula is C63H102O32. The highest BCUT2D eigenvalue weighted by molar-refractivity contribution is 5.79. The first-order chi connectivity index (χ1) is 44.5. The van der Waals surface area contributed by atoms with Crippen LogP contribution in [0.2, 0.25) is 0 Å². The number of aliphatic hydroxyl groups is 19. The van der Waals surface area contributed by atoms with Gasteiger partial charge in [0.2, 0.25) is 6.29 Å². The molecule has 0 spiro atoms. The number of esters is 1. The lowest BCUT2D eigenvalue weighted by atomic mass is 9.33. The minimum atomic E-state index is -2.08. The number of rotatable bonds is 16. The Bertz CT molecular complexity index is 2700. The molecule has 10 fully saturated rings. The van der Waals surface area contributed by atoms with Gasteiger partial charge in [0.1, 0.15) is 109 Å². The smallest absolute Gasteiger partial charge is 0.315 e. The molecule has 6 saturated heterocycles. The molecule has 0 unspecified atom stereocenters. The predicted molar refractivity (Wildman–Crippen MR) is 313 cm³/mol. The monoisotopic (exact) mass is 1370 g/mol. The van der Waals surface area contributed by atoms with E-state index in [1.54, 1.807) is 6.92 Å². The Kier molecular flexibility index (Phi) is 21.3. The Balaban J connectivity index is 0.784. The fourth-order valence-electron chi connectivity index (χ4n) is 18.8. The third kappa shape index (κ3) is 12.5. The summed E-state index contributed by atoms with van der Waals surface area (Å²) in [5.41, 5.74) is -6.39. The van der Waals surface area contributed by atoms with Crippen LogP contribution in [0.5, 0.6) is 0 Å². The molecule has 5 aliphatic carbocycles. The molecule has 37 atom stereocenters. The summed E-state index contributed by atoms with van der Waals surface area (Å²) in [6.07, 6.45) is -41.1. The third-order valence-corrected chi connectivity index (χ3v) is 24.5. The molecule has 11 rings (SSSR count). The van der Waals surface area contributed by atoms with Crippen LogP contribution in [0.25, 0.3) is 0 Å². The number of carbonyl (C=O) groups excluding carboxylic acids is 1. The second kappa shape index (κ2) is 27.3. The van der Waals surface area contributed by atoms with Gasteiger partial charge in [-0.15, -0.1) is 0 Å². The molecule has 95 heavy (non-hydrogen) atoms. The summed E-state index contributed by atoms with van der Waals surface area (Å²) in [6.45, 7) is 9.20. The average Bonchev–Trinajstić information content (AvgIpc) is 0.845. The maximum Gasteiger partial charge on any atom is 0.315 e. The van der Waals surface area contributed by atoms with Gasteiger partial charge in [-0.3, -0.25) is 4.79 Å². The van der Waals surface area contributed by atoms with Crippen molar-refractivity contribution >= 4 is 5.97 Å².